The highest BCUT2D eigenvalue weighted by molar-refractivity contribution is 5.39. The molecule has 2 unspecified atom stereocenters. The van der Waals surface area contributed by atoms with E-state index in [9.17, 15) is 5.11 Å². The zero-order valence-electron chi connectivity index (χ0n) is 14.7. The normalized spacial score (nSPS) is 13.0. The van der Waals surface area contributed by atoms with E-state index in [0.717, 1.165) is 6.42 Å². The molecular weight excluding hydrogens is 314 g/mol. The molecule has 0 heterocycles. The van der Waals surface area contributed by atoms with E-state index in [1.165, 1.54) is 5.56 Å². The van der Waals surface area contributed by atoms with Crippen molar-refractivity contribution in [1.82, 2.24) is 5.32 Å². The number of hydrogen-bond donors (Lipinski definition) is 2. The minimum Gasteiger partial charge on any atom is -0.487 e. The average Bonchev–Trinajstić information content (AvgIpc) is 2.64. The van der Waals surface area contributed by atoms with Crippen molar-refractivity contribution in [1.29, 1.82) is 0 Å². The first-order chi connectivity index (χ1) is 12.2. The van der Waals surface area contributed by atoms with E-state index in [1.807, 2.05) is 42.5 Å². The van der Waals surface area contributed by atoms with Crippen LogP contribution >= 0.6 is 0 Å². The summed E-state index contributed by atoms with van der Waals surface area (Å²) in [7, 11) is 0. The fraction of sp³-hybridized carbons (Fsp3) is 0.333. The van der Waals surface area contributed by atoms with Crippen molar-refractivity contribution in [2.24, 2.45) is 0 Å². The number of rotatable bonds is 11. The number of hydrogen-bond acceptors (Lipinski definition) is 4. The fourth-order valence-electron chi connectivity index (χ4n) is 2.46. The van der Waals surface area contributed by atoms with Crippen molar-refractivity contribution in [2.75, 3.05) is 19.8 Å². The Kier molecular flexibility index (Phi) is 8.02. The second kappa shape index (κ2) is 10.5. The average molecular weight is 341 g/mol. The van der Waals surface area contributed by atoms with Gasteiger partial charge < -0.3 is 19.9 Å². The van der Waals surface area contributed by atoms with Crippen LogP contribution in [0.1, 0.15) is 12.5 Å². The van der Waals surface area contributed by atoms with Crippen molar-refractivity contribution in [2.45, 2.75) is 25.5 Å². The summed E-state index contributed by atoms with van der Waals surface area (Å²) in [4.78, 5) is 0. The van der Waals surface area contributed by atoms with Crippen LogP contribution < -0.4 is 14.8 Å². The maximum absolute atomic E-state index is 10.1. The monoisotopic (exact) mass is 341 g/mol. The van der Waals surface area contributed by atoms with E-state index in [1.54, 1.807) is 6.08 Å². The summed E-state index contributed by atoms with van der Waals surface area (Å²) in [6.45, 7) is 6.85. The molecule has 4 heteroatoms. The Hall–Kier alpha value is -2.30. The fourth-order valence-corrected chi connectivity index (χ4v) is 2.46. The van der Waals surface area contributed by atoms with Crippen molar-refractivity contribution < 1.29 is 14.6 Å². The van der Waals surface area contributed by atoms with Crippen LogP contribution in [0.4, 0.5) is 0 Å². The summed E-state index contributed by atoms with van der Waals surface area (Å²) in [6, 6.07) is 18.0. The number of ether oxygens (including phenoxy) is 2. The van der Waals surface area contributed by atoms with Crippen molar-refractivity contribution in [3.63, 3.8) is 0 Å². The molecule has 0 aliphatic heterocycles. The molecule has 0 aromatic heterocycles. The third-order valence-electron chi connectivity index (χ3n) is 3.72. The first kappa shape index (κ1) is 19.0. The van der Waals surface area contributed by atoms with E-state index < -0.39 is 6.10 Å². The molecule has 0 aliphatic carbocycles. The molecule has 0 saturated heterocycles. The summed E-state index contributed by atoms with van der Waals surface area (Å²) in [6.07, 6.45) is 2.02. The Morgan fingerprint density at radius 1 is 1.04 bits per heavy atom. The Bertz CT molecular complexity index is 630. The van der Waals surface area contributed by atoms with E-state index in [0.29, 0.717) is 24.7 Å². The first-order valence-electron chi connectivity index (χ1n) is 8.60. The number of aliphatic hydroxyl groups is 1. The van der Waals surface area contributed by atoms with E-state index in [-0.39, 0.29) is 12.6 Å². The maximum atomic E-state index is 10.1. The molecule has 134 valence electrons. The Labute approximate surface area is 150 Å². The van der Waals surface area contributed by atoms with Gasteiger partial charge in [0.15, 0.2) is 11.5 Å². The Morgan fingerprint density at radius 3 is 2.36 bits per heavy atom. The van der Waals surface area contributed by atoms with Gasteiger partial charge in [0.05, 0.1) is 0 Å². The standard InChI is InChI=1S/C21H27NO3/c1-3-13-24-20-11-7-8-12-21(20)25-16-19(23)15-22-17(2)14-18-9-5-4-6-10-18/h3-12,17,19,22-23H,1,13-16H2,2H3. The van der Waals surface area contributed by atoms with Crippen molar-refractivity contribution >= 4 is 0 Å². The van der Waals surface area contributed by atoms with Gasteiger partial charge in [-0.25, -0.2) is 0 Å². The molecule has 0 bridgehead atoms. The second-order valence-electron chi connectivity index (χ2n) is 6.01. The zero-order chi connectivity index (χ0) is 17.9. The van der Waals surface area contributed by atoms with E-state index >= 15 is 0 Å². The summed E-state index contributed by atoms with van der Waals surface area (Å²) in [5, 5.41) is 13.5. The molecule has 0 saturated carbocycles. The molecule has 25 heavy (non-hydrogen) atoms. The quantitative estimate of drug-likeness (QED) is 0.616. The molecule has 0 spiro atoms. The molecule has 2 rings (SSSR count). The number of nitrogens with one attached hydrogen (secondary N) is 1. The van der Waals surface area contributed by atoms with E-state index in [4.69, 9.17) is 9.47 Å². The Morgan fingerprint density at radius 2 is 1.68 bits per heavy atom. The van der Waals surface area contributed by atoms with Crippen LogP contribution in [0.3, 0.4) is 0 Å². The zero-order valence-corrected chi connectivity index (χ0v) is 14.7. The van der Waals surface area contributed by atoms with Crippen LogP contribution in [0.5, 0.6) is 11.5 Å². The lowest BCUT2D eigenvalue weighted by Gasteiger charge is -2.18. The van der Waals surface area contributed by atoms with Crippen LogP contribution in [0.15, 0.2) is 67.3 Å². The summed E-state index contributed by atoms with van der Waals surface area (Å²) in [5.74, 6) is 1.28. The molecule has 2 aromatic rings. The predicted molar refractivity (Wildman–Crippen MR) is 101 cm³/mol. The van der Waals surface area contributed by atoms with Gasteiger partial charge in [0, 0.05) is 12.6 Å². The van der Waals surface area contributed by atoms with Crippen LogP contribution in [-0.2, 0) is 6.42 Å². The summed E-state index contributed by atoms with van der Waals surface area (Å²) < 4.78 is 11.2. The van der Waals surface area contributed by atoms with Gasteiger partial charge >= 0.3 is 0 Å². The lowest BCUT2D eigenvalue weighted by atomic mass is 10.1. The maximum Gasteiger partial charge on any atom is 0.161 e. The lowest BCUT2D eigenvalue weighted by Crippen LogP contribution is -2.37. The number of aliphatic hydroxyl groups excluding tert-OH is 1. The van der Waals surface area contributed by atoms with Gasteiger partial charge in [0.1, 0.15) is 19.3 Å². The molecule has 0 amide bonds. The van der Waals surface area contributed by atoms with Crippen LogP contribution in [-0.4, -0.2) is 37.0 Å². The molecule has 0 fully saturated rings. The molecule has 2 atom stereocenters. The van der Waals surface area contributed by atoms with Gasteiger partial charge in [0.25, 0.3) is 0 Å². The van der Waals surface area contributed by atoms with Gasteiger partial charge in [-0.2, -0.15) is 0 Å². The van der Waals surface area contributed by atoms with Crippen molar-refractivity contribution in [3.8, 4) is 11.5 Å². The van der Waals surface area contributed by atoms with Gasteiger partial charge in [-0.3, -0.25) is 0 Å². The molecule has 2 aromatic carbocycles. The topological polar surface area (TPSA) is 50.7 Å². The highest BCUT2D eigenvalue weighted by atomic mass is 16.5. The van der Waals surface area contributed by atoms with Crippen LogP contribution in [0.2, 0.25) is 0 Å². The van der Waals surface area contributed by atoms with E-state index in [2.05, 4.69) is 31.0 Å². The number of benzene rings is 2. The highest BCUT2D eigenvalue weighted by Crippen LogP contribution is 2.26. The van der Waals surface area contributed by atoms with Crippen LogP contribution in [0.25, 0.3) is 0 Å². The van der Waals surface area contributed by atoms with Gasteiger partial charge in [-0.05, 0) is 31.0 Å². The third-order valence-corrected chi connectivity index (χ3v) is 3.72. The van der Waals surface area contributed by atoms with Gasteiger partial charge in [-0.1, -0.05) is 55.1 Å². The largest absolute Gasteiger partial charge is 0.487 e. The molecule has 0 aliphatic rings. The first-order valence-corrected chi connectivity index (χ1v) is 8.60. The molecule has 0 radical (unpaired) electrons. The molecule has 4 nitrogen and oxygen atoms in total. The molecular formula is C21H27NO3. The van der Waals surface area contributed by atoms with Gasteiger partial charge in [-0.15, -0.1) is 0 Å². The SMILES string of the molecule is C=CCOc1ccccc1OCC(O)CNC(C)Cc1ccccc1. The minimum atomic E-state index is -0.592. The lowest BCUT2D eigenvalue weighted by molar-refractivity contribution is 0.102. The second-order valence-corrected chi connectivity index (χ2v) is 6.01. The van der Waals surface area contributed by atoms with Gasteiger partial charge in [0.2, 0.25) is 0 Å². The summed E-state index contributed by atoms with van der Waals surface area (Å²) in [5.41, 5.74) is 1.28. The molecule has 2 N–H and O–H groups in total. The smallest absolute Gasteiger partial charge is 0.161 e. The minimum absolute atomic E-state index is 0.208. The highest BCUT2D eigenvalue weighted by Gasteiger charge is 2.10. The van der Waals surface area contributed by atoms with Crippen molar-refractivity contribution in [3.05, 3.63) is 72.8 Å². The number of para-hydroxylation sites is 2. The van der Waals surface area contributed by atoms with Crippen LogP contribution in [0, 0.1) is 0 Å². The summed E-state index contributed by atoms with van der Waals surface area (Å²) >= 11 is 0. The third kappa shape index (κ3) is 6.99. The predicted octanol–water partition coefficient (Wildman–Crippen LogP) is 3.21. The Balaban J connectivity index is 1.73.